The molecule has 3 N–H and O–H groups in total. The van der Waals surface area contributed by atoms with Gasteiger partial charge in [-0.15, -0.1) is 0 Å². The zero-order chi connectivity index (χ0) is 11.4. The van der Waals surface area contributed by atoms with Crippen molar-refractivity contribution in [2.45, 2.75) is 0 Å². The first-order valence-electron chi connectivity index (χ1n) is 4.35. The predicted molar refractivity (Wildman–Crippen MR) is 59.4 cm³/mol. The second kappa shape index (κ2) is 4.45. The maximum Gasteiger partial charge on any atom is 0.335 e. The van der Waals surface area contributed by atoms with Crippen LogP contribution in [0.3, 0.4) is 0 Å². The number of rotatable bonds is 2. The second-order valence-corrected chi connectivity index (χ2v) is 2.99. The smallest absolute Gasteiger partial charge is 0.335 e. The highest BCUT2D eigenvalue weighted by Crippen LogP contribution is 2.13. The molecule has 1 rings (SSSR count). The Hall–Kier alpha value is -2.04. The first kappa shape index (κ1) is 11.0. The molecule has 0 spiro atoms. The molecule has 0 unspecified atom stereocenters. The third-order valence-corrected chi connectivity index (χ3v) is 2.07. The fourth-order valence-electron chi connectivity index (χ4n) is 1.11. The third-order valence-electron chi connectivity index (χ3n) is 2.07. The van der Waals surface area contributed by atoms with Crippen LogP contribution in [0.2, 0.25) is 0 Å². The van der Waals surface area contributed by atoms with Crippen LogP contribution in [0.5, 0.6) is 0 Å². The van der Waals surface area contributed by atoms with Gasteiger partial charge in [-0.3, -0.25) is 4.99 Å². The molecule has 0 saturated heterocycles. The zero-order valence-corrected chi connectivity index (χ0v) is 8.64. The topological polar surface area (TPSA) is 78.9 Å². The molecule has 0 saturated carbocycles. The number of hydrogen-bond donors (Lipinski definition) is 2. The first-order valence-corrected chi connectivity index (χ1v) is 4.35. The number of aromatic carboxylic acids is 1. The van der Waals surface area contributed by atoms with E-state index in [1.54, 1.807) is 31.1 Å². The molecule has 0 radical (unpaired) electrons. The van der Waals surface area contributed by atoms with E-state index in [0.717, 1.165) is 5.69 Å². The largest absolute Gasteiger partial charge is 0.478 e. The lowest BCUT2D eigenvalue weighted by atomic mass is 10.2. The van der Waals surface area contributed by atoms with Gasteiger partial charge in [0.2, 0.25) is 0 Å². The molecule has 0 bridgehead atoms. The molecule has 0 aliphatic carbocycles. The molecule has 0 heterocycles. The molecule has 1 aromatic rings. The summed E-state index contributed by atoms with van der Waals surface area (Å²) in [6, 6.07) is 6.41. The fraction of sp³-hybridized carbons (Fsp3) is 0.200. The summed E-state index contributed by atoms with van der Waals surface area (Å²) in [5.74, 6) is -0.570. The van der Waals surface area contributed by atoms with E-state index in [-0.39, 0.29) is 5.56 Å². The molecule has 5 heteroatoms. The Morgan fingerprint density at radius 2 is 1.93 bits per heavy atom. The van der Waals surface area contributed by atoms with E-state index in [2.05, 4.69) is 4.99 Å². The van der Waals surface area contributed by atoms with Crippen LogP contribution in [-0.4, -0.2) is 31.1 Å². The highest BCUT2D eigenvalue weighted by atomic mass is 16.4. The molecule has 0 aliphatic heterocycles. The summed E-state index contributed by atoms with van der Waals surface area (Å²) in [5.41, 5.74) is 6.65. The molecule has 0 amide bonds. The van der Waals surface area contributed by atoms with Gasteiger partial charge < -0.3 is 15.7 Å². The standard InChI is InChI=1S/C10H13N3O2/c1-12-10(11)13(2)8-5-3-7(4-6-8)9(14)15/h3-6H,1-2H3,(H2,11,12)(H,14,15). The predicted octanol–water partition coefficient (Wildman–Crippen LogP) is 0.765. The molecular weight excluding hydrogens is 194 g/mol. The van der Waals surface area contributed by atoms with Crippen molar-refractivity contribution < 1.29 is 9.90 Å². The summed E-state index contributed by atoms with van der Waals surface area (Å²) in [6.45, 7) is 0. The monoisotopic (exact) mass is 207 g/mol. The Bertz CT molecular complexity index is 384. The van der Waals surface area contributed by atoms with Gasteiger partial charge in [0.05, 0.1) is 5.56 Å². The molecule has 1 aromatic carbocycles. The highest BCUT2D eigenvalue weighted by Gasteiger charge is 2.06. The van der Waals surface area contributed by atoms with Crippen molar-refractivity contribution in [2.75, 3.05) is 19.0 Å². The number of anilines is 1. The lowest BCUT2D eigenvalue weighted by Crippen LogP contribution is -2.33. The van der Waals surface area contributed by atoms with E-state index in [0.29, 0.717) is 5.96 Å². The molecule has 0 aliphatic rings. The lowest BCUT2D eigenvalue weighted by Gasteiger charge is -2.17. The molecule has 0 atom stereocenters. The number of guanidine groups is 1. The van der Waals surface area contributed by atoms with Crippen LogP contribution in [0, 0.1) is 0 Å². The van der Waals surface area contributed by atoms with Crippen LogP contribution < -0.4 is 10.6 Å². The van der Waals surface area contributed by atoms with Gasteiger partial charge in [0.15, 0.2) is 5.96 Å². The van der Waals surface area contributed by atoms with E-state index in [9.17, 15) is 4.79 Å². The van der Waals surface area contributed by atoms with Crippen molar-refractivity contribution in [1.29, 1.82) is 0 Å². The van der Waals surface area contributed by atoms with Gasteiger partial charge in [0.1, 0.15) is 0 Å². The Balaban J connectivity index is 2.94. The van der Waals surface area contributed by atoms with Gasteiger partial charge >= 0.3 is 5.97 Å². The molecule has 15 heavy (non-hydrogen) atoms. The van der Waals surface area contributed by atoms with Crippen molar-refractivity contribution in [1.82, 2.24) is 0 Å². The van der Waals surface area contributed by atoms with Gasteiger partial charge in [-0.25, -0.2) is 4.79 Å². The Morgan fingerprint density at radius 1 is 1.40 bits per heavy atom. The summed E-state index contributed by atoms with van der Waals surface area (Å²) in [4.78, 5) is 16.1. The van der Waals surface area contributed by atoms with Crippen LogP contribution in [0.25, 0.3) is 0 Å². The van der Waals surface area contributed by atoms with Crippen molar-refractivity contribution in [3.8, 4) is 0 Å². The number of benzene rings is 1. The van der Waals surface area contributed by atoms with Crippen molar-refractivity contribution >= 4 is 17.6 Å². The van der Waals surface area contributed by atoms with Gasteiger partial charge in [-0.1, -0.05) is 0 Å². The van der Waals surface area contributed by atoms with Crippen LogP contribution in [-0.2, 0) is 0 Å². The maximum atomic E-state index is 10.6. The molecule has 5 nitrogen and oxygen atoms in total. The van der Waals surface area contributed by atoms with Gasteiger partial charge in [-0.05, 0) is 24.3 Å². The summed E-state index contributed by atoms with van der Waals surface area (Å²) in [7, 11) is 3.36. The molecule has 80 valence electrons. The van der Waals surface area contributed by atoms with Gasteiger partial charge in [0.25, 0.3) is 0 Å². The number of hydrogen-bond acceptors (Lipinski definition) is 2. The number of carbonyl (C=O) groups is 1. The average Bonchev–Trinajstić information content (AvgIpc) is 2.27. The summed E-state index contributed by atoms with van der Waals surface area (Å²) < 4.78 is 0. The lowest BCUT2D eigenvalue weighted by molar-refractivity contribution is 0.0697. The van der Waals surface area contributed by atoms with Crippen LogP contribution in [0.15, 0.2) is 29.3 Å². The minimum Gasteiger partial charge on any atom is -0.478 e. The number of carboxylic acids is 1. The SMILES string of the molecule is CN=C(N)N(C)c1ccc(C(=O)O)cc1. The van der Waals surface area contributed by atoms with E-state index in [4.69, 9.17) is 10.8 Å². The number of carboxylic acid groups (broad SMARTS) is 1. The maximum absolute atomic E-state index is 10.6. The van der Waals surface area contributed by atoms with E-state index in [1.807, 2.05) is 0 Å². The van der Waals surface area contributed by atoms with Gasteiger partial charge in [0, 0.05) is 19.8 Å². The minimum atomic E-state index is -0.943. The third kappa shape index (κ3) is 2.46. The first-order chi connectivity index (χ1) is 7.06. The Morgan fingerprint density at radius 3 is 2.33 bits per heavy atom. The van der Waals surface area contributed by atoms with Crippen LogP contribution in [0.4, 0.5) is 5.69 Å². The average molecular weight is 207 g/mol. The fourth-order valence-corrected chi connectivity index (χ4v) is 1.11. The van der Waals surface area contributed by atoms with Crippen LogP contribution in [0.1, 0.15) is 10.4 Å². The van der Waals surface area contributed by atoms with E-state index < -0.39 is 5.97 Å². The zero-order valence-electron chi connectivity index (χ0n) is 8.64. The van der Waals surface area contributed by atoms with E-state index in [1.165, 1.54) is 12.1 Å². The highest BCUT2D eigenvalue weighted by molar-refractivity contribution is 5.95. The number of aliphatic imine (C=N–C) groups is 1. The summed E-state index contributed by atoms with van der Waals surface area (Å²) in [6.07, 6.45) is 0. The Kier molecular flexibility index (Phi) is 3.28. The Labute approximate surface area is 87.8 Å². The summed E-state index contributed by atoms with van der Waals surface area (Å²) >= 11 is 0. The van der Waals surface area contributed by atoms with Crippen molar-refractivity contribution in [3.63, 3.8) is 0 Å². The van der Waals surface area contributed by atoms with Crippen molar-refractivity contribution in [2.24, 2.45) is 10.7 Å². The van der Waals surface area contributed by atoms with Crippen LogP contribution >= 0.6 is 0 Å². The molecule has 0 aromatic heterocycles. The quantitative estimate of drug-likeness (QED) is 0.554. The number of nitrogens with zero attached hydrogens (tertiary/aromatic N) is 2. The van der Waals surface area contributed by atoms with Gasteiger partial charge in [-0.2, -0.15) is 0 Å². The van der Waals surface area contributed by atoms with Crippen molar-refractivity contribution in [3.05, 3.63) is 29.8 Å². The summed E-state index contributed by atoms with van der Waals surface area (Å²) in [5, 5.41) is 8.71. The molecular formula is C10H13N3O2. The normalized spacial score (nSPS) is 11.2. The molecule has 0 fully saturated rings. The minimum absolute atomic E-state index is 0.249. The van der Waals surface area contributed by atoms with E-state index >= 15 is 0 Å². The number of nitrogens with two attached hydrogens (primary N) is 1. The second-order valence-electron chi connectivity index (χ2n) is 2.99.